The average Bonchev–Trinajstić information content (AvgIpc) is 2.60. The van der Waals surface area contributed by atoms with Gasteiger partial charge >= 0.3 is 0 Å². The number of carbonyl (C=O) groups excluding carboxylic acids is 1. The molecule has 0 spiro atoms. The second kappa shape index (κ2) is 7.86. The first kappa shape index (κ1) is 19.2. The molecule has 0 aromatic heterocycles. The minimum Gasteiger partial charge on any atom is -0.380 e. The predicted octanol–water partition coefficient (Wildman–Crippen LogP) is 2.56. The van der Waals surface area contributed by atoms with Crippen molar-refractivity contribution in [2.24, 2.45) is 0 Å². The van der Waals surface area contributed by atoms with Crippen molar-refractivity contribution in [1.82, 2.24) is 9.62 Å². The Balaban J connectivity index is 2.21. The molecule has 0 bridgehead atoms. The minimum atomic E-state index is -3.49. The number of rotatable bonds is 6. The number of nitrogens with one attached hydrogen (secondary N) is 2. The lowest BCUT2D eigenvalue weighted by molar-refractivity contribution is 0.0963. The lowest BCUT2D eigenvalue weighted by atomic mass is 10.1. The molecule has 134 valence electrons. The Morgan fingerprint density at radius 3 is 2.52 bits per heavy atom. The van der Waals surface area contributed by atoms with Gasteiger partial charge in [-0.1, -0.05) is 23.7 Å². The molecule has 0 saturated carbocycles. The van der Waals surface area contributed by atoms with Gasteiger partial charge in [-0.05, 0) is 35.9 Å². The van der Waals surface area contributed by atoms with Gasteiger partial charge in [-0.15, -0.1) is 0 Å². The molecule has 0 fully saturated rings. The molecule has 0 saturated heterocycles. The molecule has 6 nitrogen and oxygen atoms in total. The van der Waals surface area contributed by atoms with Crippen LogP contribution in [0.2, 0.25) is 5.02 Å². The van der Waals surface area contributed by atoms with Gasteiger partial charge in [-0.3, -0.25) is 4.79 Å². The molecule has 0 heterocycles. The highest BCUT2D eigenvalue weighted by Gasteiger charge is 2.17. The Morgan fingerprint density at radius 1 is 1.16 bits per heavy atom. The van der Waals surface area contributed by atoms with Crippen LogP contribution in [0.15, 0.2) is 47.4 Å². The number of anilines is 1. The second-order valence-electron chi connectivity index (χ2n) is 5.56. The van der Waals surface area contributed by atoms with Crippen LogP contribution < -0.4 is 10.6 Å². The highest BCUT2D eigenvalue weighted by atomic mass is 35.5. The fourth-order valence-corrected chi connectivity index (χ4v) is 3.33. The third-order valence-corrected chi connectivity index (χ3v) is 5.76. The van der Waals surface area contributed by atoms with E-state index in [1.165, 1.54) is 18.4 Å². The minimum absolute atomic E-state index is 0.209. The van der Waals surface area contributed by atoms with E-state index < -0.39 is 10.0 Å². The standard InChI is InChI=1S/C17H20ClN3O3S/c1-19-17(22)13-7-8-15(18)16(10-13)20-11-12-5-4-6-14(9-12)25(23,24)21(2)3/h4-10,20H,11H2,1-3H3,(H,19,22). The molecule has 2 N–H and O–H groups in total. The van der Waals surface area contributed by atoms with Gasteiger partial charge in [0, 0.05) is 33.3 Å². The molecule has 2 aromatic rings. The van der Waals surface area contributed by atoms with Gasteiger partial charge in [0.1, 0.15) is 0 Å². The van der Waals surface area contributed by atoms with Crippen molar-refractivity contribution in [2.45, 2.75) is 11.4 Å². The summed E-state index contributed by atoms with van der Waals surface area (Å²) in [5.41, 5.74) is 1.87. The van der Waals surface area contributed by atoms with Crippen LogP contribution in [0, 0.1) is 0 Å². The van der Waals surface area contributed by atoms with Gasteiger partial charge in [0.2, 0.25) is 10.0 Å². The summed E-state index contributed by atoms with van der Waals surface area (Å²) in [7, 11) is 1.05. The predicted molar refractivity (Wildman–Crippen MR) is 99.5 cm³/mol. The van der Waals surface area contributed by atoms with E-state index >= 15 is 0 Å². The van der Waals surface area contributed by atoms with Crippen LogP contribution in [-0.2, 0) is 16.6 Å². The number of halogens is 1. The van der Waals surface area contributed by atoms with Gasteiger partial charge in [0.05, 0.1) is 15.6 Å². The Labute approximate surface area is 152 Å². The van der Waals surface area contributed by atoms with E-state index in [1.54, 1.807) is 43.4 Å². The largest absolute Gasteiger partial charge is 0.380 e. The lowest BCUT2D eigenvalue weighted by Crippen LogP contribution is -2.22. The number of benzene rings is 2. The van der Waals surface area contributed by atoms with E-state index in [0.29, 0.717) is 22.8 Å². The van der Waals surface area contributed by atoms with Crippen molar-refractivity contribution >= 4 is 33.2 Å². The third-order valence-electron chi connectivity index (χ3n) is 3.62. The summed E-state index contributed by atoms with van der Waals surface area (Å²) in [6, 6.07) is 11.6. The van der Waals surface area contributed by atoms with Crippen LogP contribution in [0.25, 0.3) is 0 Å². The van der Waals surface area contributed by atoms with Crippen LogP contribution in [0.5, 0.6) is 0 Å². The van der Waals surface area contributed by atoms with Crippen LogP contribution >= 0.6 is 11.6 Å². The quantitative estimate of drug-likeness (QED) is 0.806. The summed E-state index contributed by atoms with van der Waals surface area (Å²) < 4.78 is 25.6. The van der Waals surface area contributed by atoms with Gasteiger partial charge < -0.3 is 10.6 Å². The molecule has 1 amide bonds. The zero-order chi connectivity index (χ0) is 18.6. The highest BCUT2D eigenvalue weighted by Crippen LogP contribution is 2.24. The monoisotopic (exact) mass is 381 g/mol. The fraction of sp³-hybridized carbons (Fsp3) is 0.235. The molecule has 0 atom stereocenters. The highest BCUT2D eigenvalue weighted by molar-refractivity contribution is 7.89. The van der Waals surface area contributed by atoms with Crippen LogP contribution in [0.4, 0.5) is 5.69 Å². The first-order chi connectivity index (χ1) is 11.8. The maximum atomic E-state index is 12.2. The van der Waals surface area contributed by atoms with Gasteiger partial charge in [0.25, 0.3) is 5.91 Å². The van der Waals surface area contributed by atoms with Gasteiger partial charge in [0.15, 0.2) is 0 Å². The SMILES string of the molecule is CNC(=O)c1ccc(Cl)c(NCc2cccc(S(=O)(=O)N(C)C)c2)c1. The van der Waals surface area contributed by atoms with Crippen molar-refractivity contribution in [2.75, 3.05) is 26.5 Å². The van der Waals surface area contributed by atoms with E-state index in [1.807, 2.05) is 6.07 Å². The number of hydrogen-bond acceptors (Lipinski definition) is 4. The third kappa shape index (κ3) is 4.50. The van der Waals surface area contributed by atoms with E-state index in [-0.39, 0.29) is 10.8 Å². The van der Waals surface area contributed by atoms with Crippen LogP contribution in [0.3, 0.4) is 0 Å². The first-order valence-electron chi connectivity index (χ1n) is 7.52. The molecule has 0 aliphatic rings. The summed E-state index contributed by atoms with van der Waals surface area (Å²) in [5, 5.41) is 6.17. The van der Waals surface area contributed by atoms with Crippen molar-refractivity contribution < 1.29 is 13.2 Å². The van der Waals surface area contributed by atoms with Crippen molar-refractivity contribution in [1.29, 1.82) is 0 Å². The number of amides is 1. The molecule has 2 aromatic carbocycles. The fourth-order valence-electron chi connectivity index (χ4n) is 2.17. The van der Waals surface area contributed by atoms with E-state index in [9.17, 15) is 13.2 Å². The maximum absolute atomic E-state index is 12.2. The van der Waals surface area contributed by atoms with Crippen molar-refractivity contribution in [3.63, 3.8) is 0 Å². The molecule has 25 heavy (non-hydrogen) atoms. The van der Waals surface area contributed by atoms with Crippen LogP contribution in [-0.4, -0.2) is 39.8 Å². The Kier molecular flexibility index (Phi) is 6.05. The zero-order valence-electron chi connectivity index (χ0n) is 14.2. The summed E-state index contributed by atoms with van der Waals surface area (Å²) >= 11 is 6.16. The summed E-state index contributed by atoms with van der Waals surface area (Å²) in [4.78, 5) is 11.9. The van der Waals surface area contributed by atoms with Gasteiger partial charge in [-0.2, -0.15) is 0 Å². The summed E-state index contributed by atoms with van der Waals surface area (Å²) in [6.07, 6.45) is 0. The van der Waals surface area contributed by atoms with E-state index in [4.69, 9.17) is 11.6 Å². The van der Waals surface area contributed by atoms with Crippen molar-refractivity contribution in [3.8, 4) is 0 Å². The molecule has 2 rings (SSSR count). The molecular formula is C17H20ClN3O3S. The molecule has 0 unspecified atom stereocenters. The molecule has 0 aliphatic heterocycles. The Bertz CT molecular complexity index is 882. The summed E-state index contributed by atoms with van der Waals surface area (Å²) in [6.45, 7) is 0.369. The second-order valence-corrected chi connectivity index (χ2v) is 8.12. The number of nitrogens with zero attached hydrogens (tertiary/aromatic N) is 1. The van der Waals surface area contributed by atoms with Crippen molar-refractivity contribution in [3.05, 3.63) is 58.6 Å². The number of carbonyl (C=O) groups is 1. The summed E-state index contributed by atoms with van der Waals surface area (Å²) in [5.74, 6) is -0.209. The molecule has 0 radical (unpaired) electrons. The van der Waals surface area contributed by atoms with Crippen LogP contribution in [0.1, 0.15) is 15.9 Å². The Hall–Kier alpha value is -2.09. The van der Waals surface area contributed by atoms with Gasteiger partial charge in [-0.25, -0.2) is 12.7 Å². The number of sulfonamides is 1. The average molecular weight is 382 g/mol. The molecular weight excluding hydrogens is 362 g/mol. The lowest BCUT2D eigenvalue weighted by Gasteiger charge is -2.13. The van der Waals surface area contributed by atoms with E-state index in [0.717, 1.165) is 5.56 Å². The topological polar surface area (TPSA) is 78.5 Å². The zero-order valence-corrected chi connectivity index (χ0v) is 15.8. The first-order valence-corrected chi connectivity index (χ1v) is 9.34. The normalized spacial score (nSPS) is 11.4. The number of hydrogen-bond donors (Lipinski definition) is 2. The molecule has 0 aliphatic carbocycles. The Morgan fingerprint density at radius 2 is 1.88 bits per heavy atom. The smallest absolute Gasteiger partial charge is 0.251 e. The van der Waals surface area contributed by atoms with E-state index in [2.05, 4.69) is 10.6 Å². The maximum Gasteiger partial charge on any atom is 0.251 e. The molecule has 8 heteroatoms.